The van der Waals surface area contributed by atoms with Crippen molar-refractivity contribution in [3.8, 4) is 5.75 Å². The number of nitrogens with two attached hydrogens (primary N) is 1. The standard InChI is InChI=1S/C22H27N5O4S/c23-22(15-8-11-30-12-9-15)20(14-26-16-1-2-16)31-18-7-10-25-21(13-18)27-17-3-5-19(6-4-17)32(24,28)29/h3-7,10,13-16,23,26H,1-2,8-9,11-12H2,(H,25,27)(H2,24,28,29)/b20-14+,23-22?. The molecule has 1 aliphatic carbocycles. The fourth-order valence-corrected chi connectivity index (χ4v) is 3.85. The Morgan fingerprint density at radius 2 is 1.88 bits per heavy atom. The monoisotopic (exact) mass is 457 g/mol. The summed E-state index contributed by atoms with van der Waals surface area (Å²) in [6.45, 7) is 1.31. The zero-order valence-corrected chi connectivity index (χ0v) is 18.4. The van der Waals surface area contributed by atoms with Crippen molar-refractivity contribution in [1.82, 2.24) is 10.3 Å². The van der Waals surface area contributed by atoms with E-state index in [-0.39, 0.29) is 10.8 Å². The number of anilines is 2. The number of sulfonamides is 1. The van der Waals surface area contributed by atoms with Crippen LogP contribution in [0.5, 0.6) is 5.75 Å². The SMILES string of the molecule is N=C(/C(=C\NC1CC1)Oc1ccnc(Nc2ccc(S(N)(=O)=O)cc2)c1)C1CCOCC1. The third kappa shape index (κ3) is 6.06. The summed E-state index contributed by atoms with van der Waals surface area (Å²) in [5.74, 6) is 1.67. The van der Waals surface area contributed by atoms with Gasteiger partial charge in [-0.1, -0.05) is 0 Å². The van der Waals surface area contributed by atoms with Gasteiger partial charge in [-0.15, -0.1) is 0 Å². The van der Waals surface area contributed by atoms with E-state index in [1.807, 2.05) is 0 Å². The molecule has 1 aromatic heterocycles. The third-order valence-electron chi connectivity index (χ3n) is 5.34. The molecule has 0 radical (unpaired) electrons. The smallest absolute Gasteiger partial charge is 0.238 e. The van der Waals surface area contributed by atoms with Crippen molar-refractivity contribution in [1.29, 1.82) is 5.41 Å². The van der Waals surface area contributed by atoms with Crippen molar-refractivity contribution in [3.05, 3.63) is 54.6 Å². The first-order chi connectivity index (χ1) is 15.4. The fraction of sp³-hybridized carbons (Fsp3) is 0.364. The average Bonchev–Trinajstić information content (AvgIpc) is 3.61. The zero-order chi connectivity index (χ0) is 22.6. The summed E-state index contributed by atoms with van der Waals surface area (Å²) in [5.41, 5.74) is 1.12. The molecule has 1 saturated heterocycles. The van der Waals surface area contributed by atoms with Crippen LogP contribution in [0.3, 0.4) is 0 Å². The molecule has 5 N–H and O–H groups in total. The van der Waals surface area contributed by atoms with Crippen molar-refractivity contribution in [3.63, 3.8) is 0 Å². The minimum Gasteiger partial charge on any atom is -0.454 e. The Kier molecular flexibility index (Phi) is 6.73. The number of rotatable bonds is 9. The second kappa shape index (κ2) is 9.68. The van der Waals surface area contributed by atoms with E-state index in [2.05, 4.69) is 15.6 Å². The highest BCUT2D eigenvalue weighted by molar-refractivity contribution is 7.89. The van der Waals surface area contributed by atoms with Gasteiger partial charge in [0, 0.05) is 49.3 Å². The molecule has 170 valence electrons. The van der Waals surface area contributed by atoms with Crippen LogP contribution in [0, 0.1) is 11.3 Å². The molecule has 0 atom stereocenters. The number of nitrogens with zero attached hydrogens (tertiary/aromatic N) is 1. The molecule has 4 rings (SSSR count). The fourth-order valence-electron chi connectivity index (χ4n) is 3.34. The summed E-state index contributed by atoms with van der Waals surface area (Å²) < 4.78 is 34.4. The molecule has 0 unspecified atom stereocenters. The van der Waals surface area contributed by atoms with Gasteiger partial charge >= 0.3 is 0 Å². The average molecular weight is 458 g/mol. The van der Waals surface area contributed by atoms with Gasteiger partial charge in [0.25, 0.3) is 0 Å². The van der Waals surface area contributed by atoms with Crippen molar-refractivity contribution in [2.45, 2.75) is 36.6 Å². The maximum absolute atomic E-state index is 11.4. The molecule has 32 heavy (non-hydrogen) atoms. The van der Waals surface area contributed by atoms with Gasteiger partial charge in [-0.05, 0) is 56.0 Å². The van der Waals surface area contributed by atoms with Gasteiger partial charge in [0.05, 0.1) is 10.6 Å². The Morgan fingerprint density at radius 3 is 2.53 bits per heavy atom. The van der Waals surface area contributed by atoms with Crippen LogP contribution in [-0.4, -0.2) is 38.4 Å². The number of aromatic nitrogens is 1. The van der Waals surface area contributed by atoms with Crippen molar-refractivity contribution in [2.75, 3.05) is 18.5 Å². The van der Waals surface area contributed by atoms with Crippen LogP contribution in [0.4, 0.5) is 11.5 Å². The lowest BCUT2D eigenvalue weighted by molar-refractivity contribution is 0.0822. The highest BCUT2D eigenvalue weighted by atomic mass is 32.2. The van der Waals surface area contributed by atoms with Gasteiger partial charge in [0.1, 0.15) is 11.6 Å². The van der Waals surface area contributed by atoms with Crippen LogP contribution in [-0.2, 0) is 14.8 Å². The molecule has 1 aromatic carbocycles. The van der Waals surface area contributed by atoms with E-state index in [1.54, 1.807) is 36.7 Å². The number of hydrogen-bond donors (Lipinski definition) is 4. The van der Waals surface area contributed by atoms with Gasteiger partial charge in [-0.2, -0.15) is 0 Å². The predicted molar refractivity (Wildman–Crippen MR) is 121 cm³/mol. The summed E-state index contributed by atoms with van der Waals surface area (Å²) in [6.07, 6.45) is 7.28. The first kappa shape index (κ1) is 22.3. The predicted octanol–water partition coefficient (Wildman–Crippen LogP) is 2.89. The number of nitrogens with one attached hydrogen (secondary N) is 3. The van der Waals surface area contributed by atoms with Crippen LogP contribution in [0.15, 0.2) is 59.4 Å². The lowest BCUT2D eigenvalue weighted by Gasteiger charge is -2.24. The Labute approximate surface area is 187 Å². The molecule has 0 amide bonds. The lowest BCUT2D eigenvalue weighted by Crippen LogP contribution is -2.27. The van der Waals surface area contributed by atoms with Crippen LogP contribution in [0.2, 0.25) is 0 Å². The molecule has 2 aromatic rings. The minimum atomic E-state index is -3.74. The van der Waals surface area contributed by atoms with Gasteiger partial charge < -0.3 is 25.5 Å². The largest absolute Gasteiger partial charge is 0.454 e. The number of allylic oxidation sites excluding steroid dienone is 1. The van der Waals surface area contributed by atoms with Gasteiger partial charge in [0.15, 0.2) is 5.76 Å². The summed E-state index contributed by atoms with van der Waals surface area (Å²) in [4.78, 5) is 4.33. The number of primary sulfonamides is 1. The maximum atomic E-state index is 11.4. The van der Waals surface area contributed by atoms with Crippen molar-refractivity contribution >= 4 is 27.2 Å². The van der Waals surface area contributed by atoms with Crippen molar-refractivity contribution in [2.24, 2.45) is 11.1 Å². The van der Waals surface area contributed by atoms with Gasteiger partial charge in [-0.25, -0.2) is 18.5 Å². The Hall–Kier alpha value is -2.95. The van der Waals surface area contributed by atoms with E-state index >= 15 is 0 Å². The molecule has 1 aliphatic heterocycles. The summed E-state index contributed by atoms with van der Waals surface area (Å²) >= 11 is 0. The quantitative estimate of drug-likeness (QED) is 0.335. The highest BCUT2D eigenvalue weighted by Gasteiger charge is 2.25. The summed E-state index contributed by atoms with van der Waals surface area (Å²) in [5, 5.41) is 20.3. The number of benzene rings is 1. The molecule has 9 nitrogen and oxygen atoms in total. The first-order valence-electron chi connectivity index (χ1n) is 10.5. The summed E-state index contributed by atoms with van der Waals surface area (Å²) in [6, 6.07) is 10.00. The third-order valence-corrected chi connectivity index (χ3v) is 6.27. The Morgan fingerprint density at radius 1 is 1.16 bits per heavy atom. The van der Waals surface area contributed by atoms with Gasteiger partial charge in [-0.3, -0.25) is 0 Å². The molecular formula is C22H27N5O4S. The Bertz CT molecular complexity index is 1090. The zero-order valence-electron chi connectivity index (χ0n) is 17.6. The topological polar surface area (TPSA) is 139 Å². The molecule has 0 bridgehead atoms. The van der Waals surface area contributed by atoms with E-state index in [0.717, 1.165) is 25.7 Å². The van der Waals surface area contributed by atoms with E-state index in [9.17, 15) is 8.42 Å². The number of pyridine rings is 1. The second-order valence-electron chi connectivity index (χ2n) is 7.92. The molecule has 1 saturated carbocycles. The molecule has 10 heteroatoms. The van der Waals surface area contributed by atoms with Crippen LogP contribution in [0.1, 0.15) is 25.7 Å². The first-order valence-corrected chi connectivity index (χ1v) is 12.1. The number of hydrogen-bond acceptors (Lipinski definition) is 8. The van der Waals surface area contributed by atoms with Crippen LogP contribution >= 0.6 is 0 Å². The number of ether oxygens (including phenoxy) is 2. The minimum absolute atomic E-state index is 0.0395. The molecule has 2 fully saturated rings. The molecular weight excluding hydrogens is 430 g/mol. The van der Waals surface area contributed by atoms with Crippen molar-refractivity contribution < 1.29 is 17.9 Å². The van der Waals surface area contributed by atoms with Crippen LogP contribution < -0.4 is 20.5 Å². The highest BCUT2D eigenvalue weighted by Crippen LogP contribution is 2.26. The summed E-state index contributed by atoms with van der Waals surface area (Å²) in [7, 11) is -3.74. The lowest BCUT2D eigenvalue weighted by atomic mass is 9.93. The molecule has 2 aliphatic rings. The Balaban J connectivity index is 1.47. The van der Waals surface area contributed by atoms with E-state index in [1.165, 1.54) is 12.1 Å². The van der Waals surface area contributed by atoms with E-state index in [4.69, 9.17) is 20.0 Å². The maximum Gasteiger partial charge on any atom is 0.238 e. The molecule has 2 heterocycles. The van der Waals surface area contributed by atoms with Gasteiger partial charge in [0.2, 0.25) is 10.0 Å². The van der Waals surface area contributed by atoms with E-state index in [0.29, 0.717) is 48.0 Å². The molecule has 0 spiro atoms. The van der Waals surface area contributed by atoms with E-state index < -0.39 is 10.0 Å². The van der Waals surface area contributed by atoms with Crippen LogP contribution in [0.25, 0.3) is 0 Å². The second-order valence-corrected chi connectivity index (χ2v) is 9.48. The normalized spacial score (nSPS) is 17.6.